The average molecular weight is 927 g/mol. The number of benzene rings is 3. The molecule has 3 aromatic carbocycles. The molecule has 1 saturated heterocycles. The Morgan fingerprint density at radius 1 is 0.879 bits per heavy atom. The maximum Gasteiger partial charge on any atom is 0.246 e. The van der Waals surface area contributed by atoms with Gasteiger partial charge in [0.15, 0.2) is 0 Å². The number of amides is 2. The largest absolute Gasteiger partial charge is 0.491 e. The van der Waals surface area contributed by atoms with Crippen LogP contribution in [0.2, 0.25) is 0 Å². The zero-order valence-electron chi connectivity index (χ0n) is 39.0. The van der Waals surface area contributed by atoms with Crippen molar-refractivity contribution >= 4 is 39.7 Å². The number of rotatable bonds is 25. The Hall–Kier alpha value is -5.04. The molecule has 1 aliphatic heterocycles. The lowest BCUT2D eigenvalue weighted by Gasteiger charge is -2.36. The van der Waals surface area contributed by atoms with Gasteiger partial charge in [-0.3, -0.25) is 14.5 Å². The van der Waals surface area contributed by atoms with Gasteiger partial charge in [-0.25, -0.2) is 9.97 Å². The zero-order valence-corrected chi connectivity index (χ0v) is 39.9. The number of carbonyl (C=O) groups excluding carboxylic acids is 2. The van der Waals surface area contributed by atoms with Crippen LogP contribution < -0.4 is 20.3 Å². The lowest BCUT2D eigenvalue weighted by atomic mass is 9.86. The highest BCUT2D eigenvalue weighted by molar-refractivity contribution is 7.13. The molecule has 4 N–H and O–H groups in total. The van der Waals surface area contributed by atoms with E-state index in [1.54, 1.807) is 11.3 Å². The SMILES string of the molecule is Cc1ncsc1-c1ccc(CNC(=O)[C@@H]2C[C@@H](O)CN2C[C@@H](NC(=O)COCCOCCOCCOCC(O)COc2ccc3nc(-c4ccc(N(C)C)cc4)ccc3c2)C(C)(C)C)cc1. The van der Waals surface area contributed by atoms with Crippen molar-refractivity contribution in [2.45, 2.75) is 65.0 Å². The summed E-state index contributed by atoms with van der Waals surface area (Å²) in [5.41, 5.74) is 8.51. The highest BCUT2D eigenvalue weighted by Crippen LogP contribution is 2.29. The summed E-state index contributed by atoms with van der Waals surface area (Å²) in [6, 6.07) is 25.2. The number of pyridine rings is 1. The molecule has 66 heavy (non-hydrogen) atoms. The summed E-state index contributed by atoms with van der Waals surface area (Å²) in [5.74, 6) is 0.222. The van der Waals surface area contributed by atoms with Crippen molar-refractivity contribution in [3.05, 3.63) is 95.6 Å². The van der Waals surface area contributed by atoms with Crippen molar-refractivity contribution in [3.63, 3.8) is 0 Å². The molecule has 1 fully saturated rings. The number of β-amino-alcohol motifs (C(OH)–C–C–N with tert-alkyl or cyclic N) is 1. The van der Waals surface area contributed by atoms with E-state index >= 15 is 0 Å². The lowest BCUT2D eigenvalue weighted by molar-refractivity contribution is -0.128. The van der Waals surface area contributed by atoms with Gasteiger partial charge in [0.25, 0.3) is 0 Å². The van der Waals surface area contributed by atoms with E-state index in [2.05, 4.69) is 44.8 Å². The summed E-state index contributed by atoms with van der Waals surface area (Å²) in [5, 5.41) is 28.0. The maximum atomic E-state index is 13.4. The fourth-order valence-corrected chi connectivity index (χ4v) is 8.30. The Balaban J connectivity index is 0.789. The van der Waals surface area contributed by atoms with Crippen LogP contribution in [0.1, 0.15) is 38.4 Å². The fraction of sp³-hybridized carbons (Fsp3) is 0.480. The topological polar surface area (TPSA) is 177 Å². The number of fused-ring (bicyclic) bond motifs is 1. The van der Waals surface area contributed by atoms with Crippen LogP contribution in [0.5, 0.6) is 5.75 Å². The summed E-state index contributed by atoms with van der Waals surface area (Å²) in [7, 11) is 4.03. The van der Waals surface area contributed by atoms with Gasteiger partial charge in [0.1, 0.15) is 25.1 Å². The normalized spacial score (nSPS) is 16.3. The third-order valence-electron chi connectivity index (χ3n) is 11.4. The number of aliphatic hydroxyl groups is 2. The number of carbonyl (C=O) groups is 2. The van der Waals surface area contributed by atoms with Crippen LogP contribution in [-0.2, 0) is 35.1 Å². The molecule has 3 heterocycles. The Morgan fingerprint density at radius 2 is 1.56 bits per heavy atom. The molecule has 0 radical (unpaired) electrons. The highest BCUT2D eigenvalue weighted by Gasteiger charge is 2.39. The van der Waals surface area contributed by atoms with E-state index in [9.17, 15) is 19.8 Å². The van der Waals surface area contributed by atoms with E-state index in [0.717, 1.165) is 49.5 Å². The molecule has 5 aromatic rings. The van der Waals surface area contributed by atoms with Gasteiger partial charge in [-0.1, -0.05) is 63.2 Å². The van der Waals surface area contributed by atoms with Gasteiger partial charge >= 0.3 is 0 Å². The average Bonchev–Trinajstić information content (AvgIpc) is 3.91. The number of aromatic nitrogens is 2. The van der Waals surface area contributed by atoms with Gasteiger partial charge in [-0.05, 0) is 66.3 Å². The van der Waals surface area contributed by atoms with Crippen molar-refractivity contribution in [2.75, 3.05) is 91.5 Å². The summed E-state index contributed by atoms with van der Waals surface area (Å²) >= 11 is 1.60. The van der Waals surface area contributed by atoms with Crippen molar-refractivity contribution in [2.24, 2.45) is 5.41 Å². The van der Waals surface area contributed by atoms with Crippen LogP contribution in [0, 0.1) is 12.3 Å². The number of aryl methyl sites for hydroxylation is 1. The quantitative estimate of drug-likeness (QED) is 0.0542. The molecule has 0 spiro atoms. The minimum absolute atomic E-state index is 0.0850. The summed E-state index contributed by atoms with van der Waals surface area (Å²) in [4.78, 5) is 40.6. The molecule has 4 atom stereocenters. The summed E-state index contributed by atoms with van der Waals surface area (Å²) in [6.45, 7) is 11.1. The number of hydrogen-bond donors (Lipinski definition) is 4. The molecule has 1 aliphatic rings. The smallest absolute Gasteiger partial charge is 0.246 e. The van der Waals surface area contributed by atoms with Gasteiger partial charge in [-0.15, -0.1) is 11.3 Å². The molecule has 0 saturated carbocycles. The van der Waals surface area contributed by atoms with Crippen molar-refractivity contribution < 1.29 is 43.5 Å². The minimum atomic E-state index is -0.804. The predicted octanol–water partition coefficient (Wildman–Crippen LogP) is 5.49. The number of ether oxygens (including phenoxy) is 5. The van der Waals surface area contributed by atoms with E-state index in [0.29, 0.717) is 64.8 Å². The predicted molar refractivity (Wildman–Crippen MR) is 258 cm³/mol. The van der Waals surface area contributed by atoms with Crippen molar-refractivity contribution in [1.29, 1.82) is 0 Å². The number of aliphatic hydroxyl groups excluding tert-OH is 2. The number of nitrogens with one attached hydrogen (secondary N) is 2. The summed E-state index contributed by atoms with van der Waals surface area (Å²) in [6.07, 6.45) is -1.12. The Labute approximate surface area is 392 Å². The first-order valence-electron chi connectivity index (χ1n) is 22.5. The minimum Gasteiger partial charge on any atom is -0.491 e. The molecule has 15 nitrogen and oxygen atoms in total. The molecular formula is C50H66N6O9S. The molecule has 6 rings (SSSR count). The molecule has 1 unspecified atom stereocenters. The fourth-order valence-electron chi connectivity index (χ4n) is 7.49. The van der Waals surface area contributed by atoms with Crippen LogP contribution in [0.3, 0.4) is 0 Å². The second-order valence-corrected chi connectivity index (χ2v) is 18.7. The number of likely N-dealkylation sites (tertiary alicyclic amines) is 1. The molecule has 16 heteroatoms. The highest BCUT2D eigenvalue weighted by atomic mass is 32.1. The zero-order chi connectivity index (χ0) is 47.1. The molecular weight excluding hydrogens is 861 g/mol. The van der Waals surface area contributed by atoms with Crippen LogP contribution in [0.25, 0.3) is 32.6 Å². The first-order chi connectivity index (χ1) is 31.7. The standard InChI is InChI=1S/C50H66N6O9S/c1-34-48(66-33-52-34)37-9-7-35(8-10-37)27-51-49(60)45-26-40(57)28-56(45)29-46(50(2,3)4)54-47(59)32-64-24-22-62-20-19-61-21-23-63-30-41(58)31-65-42-16-18-44-38(25-42)13-17-43(53-44)36-11-14-39(15-12-36)55(5)6/h7-18,25,33,40-41,45-46,57-58H,19-24,26-32H2,1-6H3,(H,51,60)(H,54,59)/t40-,41?,45+,46-/m1/s1. The molecule has 0 aliphatic carbocycles. The van der Waals surface area contributed by atoms with Crippen LogP contribution in [0.4, 0.5) is 5.69 Å². The molecule has 0 bridgehead atoms. The first kappa shape index (κ1) is 50.4. The molecule has 2 amide bonds. The van der Waals surface area contributed by atoms with Gasteiger partial charge in [0.05, 0.1) is 85.7 Å². The van der Waals surface area contributed by atoms with E-state index in [-0.39, 0.29) is 49.7 Å². The summed E-state index contributed by atoms with van der Waals surface area (Å²) < 4.78 is 28.1. The molecule has 356 valence electrons. The van der Waals surface area contributed by atoms with Crippen molar-refractivity contribution in [1.82, 2.24) is 25.5 Å². The van der Waals surface area contributed by atoms with Gasteiger partial charge in [-0.2, -0.15) is 0 Å². The number of thiazole rings is 1. The van der Waals surface area contributed by atoms with Gasteiger partial charge in [0, 0.05) is 56.4 Å². The second kappa shape index (κ2) is 24.6. The van der Waals surface area contributed by atoms with Gasteiger partial charge < -0.3 is 49.4 Å². The van der Waals surface area contributed by atoms with E-state index < -0.39 is 18.2 Å². The van der Waals surface area contributed by atoms with Crippen LogP contribution in [-0.4, -0.2) is 148 Å². The third kappa shape index (κ3) is 15.3. The lowest BCUT2D eigenvalue weighted by Crippen LogP contribution is -2.54. The van der Waals surface area contributed by atoms with Crippen molar-refractivity contribution in [3.8, 4) is 27.4 Å². The maximum absolute atomic E-state index is 13.4. The number of hydrogen-bond acceptors (Lipinski definition) is 14. The van der Waals surface area contributed by atoms with Crippen LogP contribution >= 0.6 is 11.3 Å². The third-order valence-corrected chi connectivity index (χ3v) is 12.3. The number of nitrogens with zero attached hydrogens (tertiary/aromatic N) is 4. The Morgan fingerprint density at radius 3 is 2.23 bits per heavy atom. The molecule has 2 aromatic heterocycles. The monoisotopic (exact) mass is 926 g/mol. The number of anilines is 1. The van der Waals surface area contributed by atoms with E-state index in [1.165, 1.54) is 0 Å². The van der Waals surface area contributed by atoms with E-state index in [4.69, 9.17) is 28.7 Å². The van der Waals surface area contributed by atoms with Gasteiger partial charge in [0.2, 0.25) is 11.8 Å². The Kier molecular flexibility index (Phi) is 18.8. The second-order valence-electron chi connectivity index (χ2n) is 17.8. The first-order valence-corrected chi connectivity index (χ1v) is 23.4. The Bertz CT molecular complexity index is 2290. The van der Waals surface area contributed by atoms with Crippen LogP contribution in [0.15, 0.2) is 84.4 Å². The van der Waals surface area contributed by atoms with E-state index in [1.807, 2.05) is 107 Å².